The third kappa shape index (κ3) is 4.65. The lowest BCUT2D eigenvalue weighted by Crippen LogP contribution is -2.36. The first-order valence-electron chi connectivity index (χ1n) is 6.80. The number of furan rings is 1. The first-order valence-corrected chi connectivity index (χ1v) is 8.19. The number of aliphatic hydroxyl groups excluding tert-OH is 1. The van der Waals surface area contributed by atoms with Crippen LogP contribution in [0.5, 0.6) is 0 Å². The Bertz CT molecular complexity index is 582. The highest BCUT2D eigenvalue weighted by Crippen LogP contribution is 2.19. The Morgan fingerprint density at radius 3 is 3.00 bits per heavy atom. The molecule has 0 fully saturated rings. The molecular formula is C16H19NO3S. The SMILES string of the molecule is CSCC(CCO)NC(=O)/C=C/c1cc2ccccc2o1. The number of aliphatic hydroxyl groups is 1. The molecule has 0 radical (unpaired) electrons. The number of nitrogens with one attached hydrogen (secondary N) is 1. The summed E-state index contributed by atoms with van der Waals surface area (Å²) in [5.74, 6) is 1.25. The van der Waals surface area contributed by atoms with Crippen LogP contribution in [0, 0.1) is 0 Å². The molecule has 112 valence electrons. The fraction of sp³-hybridized carbons (Fsp3) is 0.312. The Morgan fingerprint density at radius 1 is 1.48 bits per heavy atom. The topological polar surface area (TPSA) is 62.5 Å². The van der Waals surface area contributed by atoms with Crippen LogP contribution >= 0.6 is 11.8 Å². The van der Waals surface area contributed by atoms with Crippen LogP contribution in [0.1, 0.15) is 12.2 Å². The van der Waals surface area contributed by atoms with Gasteiger partial charge in [-0.2, -0.15) is 11.8 Å². The first-order chi connectivity index (χ1) is 10.2. The number of thioether (sulfide) groups is 1. The molecule has 1 aromatic carbocycles. The molecule has 2 N–H and O–H groups in total. The molecule has 1 atom stereocenters. The maximum Gasteiger partial charge on any atom is 0.244 e. The van der Waals surface area contributed by atoms with E-state index in [4.69, 9.17) is 9.52 Å². The fourth-order valence-corrected chi connectivity index (χ4v) is 2.70. The van der Waals surface area contributed by atoms with Gasteiger partial charge in [-0.1, -0.05) is 18.2 Å². The predicted molar refractivity (Wildman–Crippen MR) is 87.3 cm³/mol. The van der Waals surface area contributed by atoms with Gasteiger partial charge in [-0.05, 0) is 30.9 Å². The zero-order valence-electron chi connectivity index (χ0n) is 11.9. The van der Waals surface area contributed by atoms with Crippen molar-refractivity contribution in [1.82, 2.24) is 5.32 Å². The Morgan fingerprint density at radius 2 is 2.29 bits per heavy atom. The van der Waals surface area contributed by atoms with E-state index in [2.05, 4.69) is 5.32 Å². The van der Waals surface area contributed by atoms with Gasteiger partial charge in [0.2, 0.25) is 5.91 Å². The highest BCUT2D eigenvalue weighted by atomic mass is 32.2. The van der Waals surface area contributed by atoms with Gasteiger partial charge in [-0.15, -0.1) is 0 Å². The number of hydrogen-bond acceptors (Lipinski definition) is 4. The van der Waals surface area contributed by atoms with Crippen molar-refractivity contribution in [2.24, 2.45) is 0 Å². The van der Waals surface area contributed by atoms with Gasteiger partial charge in [0.15, 0.2) is 0 Å². The molecule has 4 nitrogen and oxygen atoms in total. The second-order valence-corrected chi connectivity index (χ2v) is 5.60. The van der Waals surface area contributed by atoms with Gasteiger partial charge < -0.3 is 14.8 Å². The van der Waals surface area contributed by atoms with Crippen LogP contribution in [0.4, 0.5) is 0 Å². The van der Waals surface area contributed by atoms with Crippen molar-refractivity contribution in [1.29, 1.82) is 0 Å². The minimum absolute atomic E-state index is 0.0159. The summed E-state index contributed by atoms with van der Waals surface area (Å²) in [7, 11) is 0. The summed E-state index contributed by atoms with van der Waals surface area (Å²) < 4.78 is 5.61. The van der Waals surface area contributed by atoms with Crippen molar-refractivity contribution in [2.45, 2.75) is 12.5 Å². The lowest BCUT2D eigenvalue weighted by molar-refractivity contribution is -0.117. The normalized spacial score (nSPS) is 12.9. The maximum atomic E-state index is 11.9. The number of rotatable bonds is 7. The maximum absolute atomic E-state index is 11.9. The molecule has 21 heavy (non-hydrogen) atoms. The van der Waals surface area contributed by atoms with Crippen molar-refractivity contribution >= 4 is 34.7 Å². The average molecular weight is 305 g/mol. The summed E-state index contributed by atoms with van der Waals surface area (Å²) in [4.78, 5) is 11.9. The van der Waals surface area contributed by atoms with Crippen molar-refractivity contribution < 1.29 is 14.3 Å². The molecule has 1 amide bonds. The van der Waals surface area contributed by atoms with Crippen molar-refractivity contribution in [3.63, 3.8) is 0 Å². The van der Waals surface area contributed by atoms with Gasteiger partial charge in [-0.3, -0.25) is 4.79 Å². The van der Waals surface area contributed by atoms with Crippen molar-refractivity contribution in [2.75, 3.05) is 18.6 Å². The summed E-state index contributed by atoms with van der Waals surface area (Å²) in [6.07, 6.45) is 5.65. The highest BCUT2D eigenvalue weighted by molar-refractivity contribution is 7.98. The van der Waals surface area contributed by atoms with Gasteiger partial charge in [0.1, 0.15) is 11.3 Å². The lowest BCUT2D eigenvalue weighted by Gasteiger charge is -2.15. The van der Waals surface area contributed by atoms with Gasteiger partial charge in [0.25, 0.3) is 0 Å². The standard InChI is InChI=1S/C16H19NO3S/c1-21-11-13(8-9-18)17-16(19)7-6-14-10-12-4-2-3-5-15(12)20-14/h2-7,10,13,18H,8-9,11H2,1H3,(H,17,19)/b7-6+. The van der Waals surface area contributed by atoms with Crippen LogP contribution in [0.15, 0.2) is 40.8 Å². The summed E-state index contributed by atoms with van der Waals surface area (Å²) in [5.41, 5.74) is 0.804. The molecule has 2 aromatic rings. The number of hydrogen-bond donors (Lipinski definition) is 2. The molecule has 0 bridgehead atoms. The van der Waals surface area contributed by atoms with Crippen LogP contribution < -0.4 is 5.32 Å². The van der Waals surface area contributed by atoms with Crippen molar-refractivity contribution in [3.8, 4) is 0 Å². The molecule has 1 heterocycles. The van der Waals surface area contributed by atoms with E-state index in [0.29, 0.717) is 12.2 Å². The number of carbonyl (C=O) groups excluding carboxylic acids is 1. The second kappa shape index (κ2) is 7.90. The van der Waals surface area contributed by atoms with E-state index in [-0.39, 0.29) is 18.6 Å². The summed E-state index contributed by atoms with van der Waals surface area (Å²) >= 11 is 1.64. The van der Waals surface area contributed by atoms with E-state index in [1.165, 1.54) is 6.08 Å². The molecule has 0 aliphatic carbocycles. The number of amides is 1. The average Bonchev–Trinajstić information content (AvgIpc) is 2.88. The first kappa shape index (κ1) is 15.7. The van der Waals surface area contributed by atoms with E-state index < -0.39 is 0 Å². The van der Waals surface area contributed by atoms with Crippen LogP contribution in [-0.2, 0) is 4.79 Å². The van der Waals surface area contributed by atoms with E-state index in [1.54, 1.807) is 17.8 Å². The zero-order valence-corrected chi connectivity index (χ0v) is 12.7. The smallest absolute Gasteiger partial charge is 0.244 e. The molecule has 0 saturated heterocycles. The van der Waals surface area contributed by atoms with E-state index in [1.807, 2.05) is 36.6 Å². The van der Waals surface area contributed by atoms with E-state index in [9.17, 15) is 4.79 Å². The van der Waals surface area contributed by atoms with Gasteiger partial charge in [0.05, 0.1) is 0 Å². The van der Waals surface area contributed by atoms with Gasteiger partial charge in [0, 0.05) is 29.9 Å². The Hall–Kier alpha value is -1.72. The lowest BCUT2D eigenvalue weighted by atomic mass is 10.2. The van der Waals surface area contributed by atoms with E-state index in [0.717, 1.165) is 16.7 Å². The molecule has 2 rings (SSSR count). The Kier molecular flexibility index (Phi) is 5.90. The molecule has 5 heteroatoms. The summed E-state index contributed by atoms with van der Waals surface area (Å²) in [6.45, 7) is 0.0682. The fourth-order valence-electron chi connectivity index (χ4n) is 2.05. The van der Waals surface area contributed by atoms with Crippen LogP contribution in [0.2, 0.25) is 0 Å². The van der Waals surface area contributed by atoms with E-state index >= 15 is 0 Å². The third-order valence-electron chi connectivity index (χ3n) is 3.04. The molecule has 1 aromatic heterocycles. The number of carbonyl (C=O) groups is 1. The predicted octanol–water partition coefficient (Wildman–Crippen LogP) is 2.68. The summed E-state index contributed by atoms with van der Waals surface area (Å²) in [5, 5.41) is 12.9. The van der Waals surface area contributed by atoms with Gasteiger partial charge in [-0.25, -0.2) is 0 Å². The zero-order chi connectivity index (χ0) is 15.1. The van der Waals surface area contributed by atoms with Crippen LogP contribution in [0.3, 0.4) is 0 Å². The molecule has 0 saturated carbocycles. The Labute approximate surface area is 128 Å². The Balaban J connectivity index is 1.97. The number of para-hydroxylation sites is 1. The van der Waals surface area contributed by atoms with Crippen LogP contribution in [0.25, 0.3) is 17.0 Å². The largest absolute Gasteiger partial charge is 0.457 e. The van der Waals surface area contributed by atoms with Crippen molar-refractivity contribution in [3.05, 3.63) is 42.2 Å². The van der Waals surface area contributed by atoms with Gasteiger partial charge >= 0.3 is 0 Å². The quantitative estimate of drug-likeness (QED) is 0.772. The molecule has 0 spiro atoms. The minimum Gasteiger partial charge on any atom is -0.457 e. The molecular weight excluding hydrogens is 286 g/mol. The minimum atomic E-state index is -0.178. The monoisotopic (exact) mass is 305 g/mol. The third-order valence-corrected chi connectivity index (χ3v) is 3.77. The second-order valence-electron chi connectivity index (χ2n) is 4.69. The molecule has 1 unspecified atom stereocenters. The van der Waals surface area contributed by atoms with Crippen LogP contribution in [-0.4, -0.2) is 35.7 Å². The molecule has 0 aliphatic heterocycles. The number of benzene rings is 1. The number of fused-ring (bicyclic) bond motifs is 1. The molecule has 0 aliphatic rings. The highest BCUT2D eigenvalue weighted by Gasteiger charge is 2.09. The summed E-state index contributed by atoms with van der Waals surface area (Å²) in [6, 6.07) is 9.59.